The minimum Gasteiger partial charge on any atom is -0.496 e. The number of ketones is 1. The molecule has 0 aliphatic heterocycles. The zero-order valence-electron chi connectivity index (χ0n) is 17.3. The zero-order valence-corrected chi connectivity index (χ0v) is 17.3. The molecule has 0 bridgehead atoms. The van der Waals surface area contributed by atoms with E-state index in [2.05, 4.69) is 10.2 Å². The van der Waals surface area contributed by atoms with Crippen LogP contribution in [0.4, 0.5) is 5.69 Å². The van der Waals surface area contributed by atoms with E-state index in [1.54, 1.807) is 54.7 Å². The lowest BCUT2D eigenvalue weighted by atomic mass is 10.1. The summed E-state index contributed by atoms with van der Waals surface area (Å²) >= 11 is 0. The minimum absolute atomic E-state index is 0.0159. The molecule has 3 aromatic rings. The molecule has 0 amide bonds. The van der Waals surface area contributed by atoms with Gasteiger partial charge in [0.1, 0.15) is 22.8 Å². The molecular weight excluding hydrogens is 386 g/mol. The third-order valence-corrected chi connectivity index (χ3v) is 4.79. The molecule has 0 aliphatic rings. The number of nitro groups is 1. The highest BCUT2D eigenvalue weighted by molar-refractivity contribution is 6.05. The molecule has 9 nitrogen and oxygen atoms in total. The van der Waals surface area contributed by atoms with E-state index in [0.29, 0.717) is 35.9 Å². The first kappa shape index (κ1) is 21.0. The number of methoxy groups -OCH3 is 1. The highest BCUT2D eigenvalue weighted by atomic mass is 16.6. The Kier molecular flexibility index (Phi) is 6.10. The second-order valence-electron chi connectivity index (χ2n) is 6.76. The van der Waals surface area contributed by atoms with E-state index in [1.165, 1.54) is 6.08 Å². The fraction of sp³-hybridized carbons (Fsp3) is 0.286. The van der Waals surface area contributed by atoms with Crippen LogP contribution in [0.5, 0.6) is 5.75 Å². The van der Waals surface area contributed by atoms with Gasteiger partial charge in [-0.3, -0.25) is 24.3 Å². The summed E-state index contributed by atoms with van der Waals surface area (Å²) < 4.78 is 8.71. The van der Waals surface area contributed by atoms with Gasteiger partial charge in [-0.05, 0) is 50.6 Å². The van der Waals surface area contributed by atoms with Crippen LogP contribution < -0.4 is 4.74 Å². The number of rotatable bonds is 8. The van der Waals surface area contributed by atoms with Crippen molar-refractivity contribution in [3.63, 3.8) is 0 Å². The van der Waals surface area contributed by atoms with Gasteiger partial charge in [-0.2, -0.15) is 10.2 Å². The zero-order chi connectivity index (χ0) is 21.8. The van der Waals surface area contributed by atoms with Crippen molar-refractivity contribution in [3.05, 3.63) is 74.9 Å². The smallest absolute Gasteiger partial charge is 0.312 e. The first-order chi connectivity index (χ1) is 14.3. The van der Waals surface area contributed by atoms with Gasteiger partial charge in [0.05, 0.1) is 18.6 Å². The van der Waals surface area contributed by atoms with E-state index in [1.807, 2.05) is 19.1 Å². The van der Waals surface area contributed by atoms with Crippen LogP contribution >= 0.6 is 0 Å². The molecule has 0 radical (unpaired) electrons. The van der Waals surface area contributed by atoms with Gasteiger partial charge in [0.25, 0.3) is 0 Å². The van der Waals surface area contributed by atoms with Gasteiger partial charge in [-0.15, -0.1) is 0 Å². The summed E-state index contributed by atoms with van der Waals surface area (Å²) in [6.45, 7) is 6.24. The lowest BCUT2D eigenvalue weighted by molar-refractivity contribution is -0.386. The molecule has 3 rings (SSSR count). The first-order valence-corrected chi connectivity index (χ1v) is 9.45. The molecule has 0 unspecified atom stereocenters. The average molecular weight is 409 g/mol. The number of allylic oxidation sites excluding steroid dienone is 1. The molecule has 0 atom stereocenters. The number of hydrogen-bond acceptors (Lipinski definition) is 6. The summed E-state index contributed by atoms with van der Waals surface area (Å²) in [7, 11) is 1.56. The van der Waals surface area contributed by atoms with Crippen LogP contribution in [0.25, 0.3) is 6.08 Å². The number of ether oxygens (including phenoxy) is 1. The summed E-state index contributed by atoms with van der Waals surface area (Å²) in [6, 6.07) is 7.19. The molecule has 0 fully saturated rings. The van der Waals surface area contributed by atoms with Gasteiger partial charge < -0.3 is 4.74 Å². The molecule has 0 saturated carbocycles. The predicted octanol–water partition coefficient (Wildman–Crippen LogP) is 3.58. The molecule has 0 saturated heterocycles. The number of hydrogen-bond donors (Lipinski definition) is 0. The lowest BCUT2D eigenvalue weighted by Gasteiger charge is -2.10. The standard InChI is InChI=1S/C21H23N5O4/c1-5-24-11-10-18(23-24)19(27)8-6-16-7-9-20(30-4)17(12-16)13-25-15(3)21(26(28)29)14(2)22-25/h6-12H,5,13H2,1-4H3/b8-6+. The Morgan fingerprint density at radius 3 is 2.63 bits per heavy atom. The van der Waals surface area contributed by atoms with Crippen LogP contribution in [0.1, 0.15) is 39.9 Å². The molecule has 30 heavy (non-hydrogen) atoms. The number of aromatic nitrogens is 4. The van der Waals surface area contributed by atoms with E-state index in [9.17, 15) is 14.9 Å². The van der Waals surface area contributed by atoms with Crippen molar-refractivity contribution in [1.82, 2.24) is 19.6 Å². The largest absolute Gasteiger partial charge is 0.496 e. The van der Waals surface area contributed by atoms with Crippen LogP contribution in [-0.2, 0) is 13.1 Å². The lowest BCUT2D eigenvalue weighted by Crippen LogP contribution is -2.06. The summed E-state index contributed by atoms with van der Waals surface area (Å²) in [5.74, 6) is 0.448. The molecule has 2 heterocycles. The molecule has 0 spiro atoms. The van der Waals surface area contributed by atoms with Crippen LogP contribution in [0, 0.1) is 24.0 Å². The van der Waals surface area contributed by atoms with E-state index in [0.717, 1.165) is 11.1 Å². The Balaban J connectivity index is 1.86. The summed E-state index contributed by atoms with van der Waals surface area (Å²) in [5, 5.41) is 19.8. The number of carbonyl (C=O) groups excluding carboxylic acids is 1. The maximum Gasteiger partial charge on any atom is 0.312 e. The highest BCUT2D eigenvalue weighted by Crippen LogP contribution is 2.26. The van der Waals surface area contributed by atoms with Gasteiger partial charge in [-0.1, -0.05) is 12.1 Å². The van der Waals surface area contributed by atoms with Gasteiger partial charge >= 0.3 is 5.69 Å². The van der Waals surface area contributed by atoms with Crippen molar-refractivity contribution in [2.24, 2.45) is 0 Å². The second-order valence-corrected chi connectivity index (χ2v) is 6.76. The monoisotopic (exact) mass is 409 g/mol. The fourth-order valence-corrected chi connectivity index (χ4v) is 3.22. The van der Waals surface area contributed by atoms with Gasteiger partial charge in [-0.25, -0.2) is 0 Å². The van der Waals surface area contributed by atoms with Crippen LogP contribution in [0.3, 0.4) is 0 Å². The van der Waals surface area contributed by atoms with Crippen molar-refractivity contribution in [2.45, 2.75) is 33.9 Å². The molecule has 0 N–H and O–H groups in total. The number of nitrogens with zero attached hydrogens (tertiary/aromatic N) is 5. The molecular formula is C21H23N5O4. The van der Waals surface area contributed by atoms with E-state index in [-0.39, 0.29) is 11.5 Å². The molecule has 0 aliphatic carbocycles. The Bertz CT molecular complexity index is 1130. The number of benzene rings is 1. The minimum atomic E-state index is -0.421. The Labute approximate surface area is 173 Å². The normalized spacial score (nSPS) is 11.2. The van der Waals surface area contributed by atoms with Crippen LogP contribution in [-0.4, -0.2) is 37.4 Å². The summed E-state index contributed by atoms with van der Waals surface area (Å²) in [6.07, 6.45) is 4.95. The Morgan fingerprint density at radius 1 is 1.27 bits per heavy atom. The Morgan fingerprint density at radius 2 is 2.03 bits per heavy atom. The van der Waals surface area contributed by atoms with Crippen molar-refractivity contribution in [3.8, 4) is 5.75 Å². The van der Waals surface area contributed by atoms with Crippen molar-refractivity contribution in [2.75, 3.05) is 7.11 Å². The van der Waals surface area contributed by atoms with E-state index >= 15 is 0 Å². The molecule has 156 valence electrons. The van der Waals surface area contributed by atoms with Crippen molar-refractivity contribution in [1.29, 1.82) is 0 Å². The van der Waals surface area contributed by atoms with Gasteiger partial charge in [0.15, 0.2) is 0 Å². The molecule has 2 aromatic heterocycles. The SMILES string of the molecule is CCn1ccc(C(=O)/C=C/c2ccc(OC)c(Cn3nc(C)c([N+](=O)[O-])c3C)c2)n1. The molecule has 1 aromatic carbocycles. The predicted molar refractivity (Wildman–Crippen MR) is 112 cm³/mol. The maximum atomic E-state index is 12.3. The topological polar surface area (TPSA) is 105 Å². The molecule has 9 heteroatoms. The number of carbonyl (C=O) groups is 1. The van der Waals surface area contributed by atoms with E-state index < -0.39 is 4.92 Å². The Hall–Kier alpha value is -3.75. The number of aryl methyl sites for hydroxylation is 2. The average Bonchev–Trinajstić information content (AvgIpc) is 3.30. The maximum absolute atomic E-state index is 12.3. The second kappa shape index (κ2) is 8.73. The van der Waals surface area contributed by atoms with Gasteiger partial charge in [0.2, 0.25) is 5.78 Å². The quantitative estimate of drug-likeness (QED) is 0.244. The summed E-state index contributed by atoms with van der Waals surface area (Å²) in [4.78, 5) is 23.2. The summed E-state index contributed by atoms with van der Waals surface area (Å²) in [5.41, 5.74) is 2.83. The fourth-order valence-electron chi connectivity index (χ4n) is 3.22. The van der Waals surface area contributed by atoms with Crippen molar-refractivity contribution < 1.29 is 14.5 Å². The van der Waals surface area contributed by atoms with Crippen LogP contribution in [0.15, 0.2) is 36.5 Å². The third-order valence-electron chi connectivity index (χ3n) is 4.79. The highest BCUT2D eigenvalue weighted by Gasteiger charge is 2.22. The van der Waals surface area contributed by atoms with Crippen LogP contribution in [0.2, 0.25) is 0 Å². The van der Waals surface area contributed by atoms with Crippen molar-refractivity contribution >= 4 is 17.5 Å². The third kappa shape index (κ3) is 4.29. The van der Waals surface area contributed by atoms with Gasteiger partial charge in [0, 0.05) is 18.3 Å². The first-order valence-electron chi connectivity index (χ1n) is 9.45. The van der Waals surface area contributed by atoms with E-state index in [4.69, 9.17) is 4.74 Å².